The Kier molecular flexibility index (Phi) is 7.08. The van der Waals surface area contributed by atoms with Crippen LogP contribution in [0, 0.1) is 5.92 Å². The van der Waals surface area contributed by atoms with Gasteiger partial charge in [-0.15, -0.1) is 0 Å². The molecule has 0 bridgehead atoms. The highest BCUT2D eigenvalue weighted by Crippen LogP contribution is 2.17. The number of guanidine groups is 1. The topological polar surface area (TPSA) is 49.8 Å². The molecule has 3 rings (SSSR count). The van der Waals surface area contributed by atoms with Crippen molar-refractivity contribution in [2.24, 2.45) is 10.9 Å². The van der Waals surface area contributed by atoms with E-state index < -0.39 is 0 Å². The molecule has 2 aromatic rings. The van der Waals surface area contributed by atoms with Crippen LogP contribution < -0.4 is 10.1 Å². The fraction of sp³-hybridized carbons (Fsp3) is 0.455. The van der Waals surface area contributed by atoms with Gasteiger partial charge in [-0.1, -0.05) is 25.1 Å². The second kappa shape index (κ2) is 9.95. The molecule has 1 saturated heterocycles. The van der Waals surface area contributed by atoms with Gasteiger partial charge in [-0.3, -0.25) is 4.98 Å². The highest BCUT2D eigenvalue weighted by molar-refractivity contribution is 5.80. The quantitative estimate of drug-likeness (QED) is 0.623. The van der Waals surface area contributed by atoms with E-state index in [1.54, 1.807) is 6.20 Å². The molecule has 1 aromatic carbocycles. The number of benzene rings is 1. The van der Waals surface area contributed by atoms with E-state index in [1.165, 1.54) is 18.4 Å². The first-order valence-electron chi connectivity index (χ1n) is 9.89. The van der Waals surface area contributed by atoms with Gasteiger partial charge in [0.25, 0.3) is 0 Å². The number of rotatable bonds is 6. The van der Waals surface area contributed by atoms with Gasteiger partial charge in [-0.25, -0.2) is 4.99 Å². The predicted octanol–water partition coefficient (Wildman–Crippen LogP) is 3.86. The number of hydrogen-bond acceptors (Lipinski definition) is 3. The minimum absolute atomic E-state index is 0.482. The Hall–Kier alpha value is -2.56. The number of ether oxygens (including phenoxy) is 1. The first kappa shape index (κ1) is 19.2. The lowest BCUT2D eigenvalue weighted by molar-refractivity contribution is 0.273. The number of hydrogen-bond donors (Lipinski definition) is 1. The Balaban J connectivity index is 1.55. The molecule has 1 N–H and O–H groups in total. The third-order valence-electron chi connectivity index (χ3n) is 4.87. The summed E-state index contributed by atoms with van der Waals surface area (Å²) in [6, 6.07) is 14.0. The molecular formula is C22H30N4O. The van der Waals surface area contributed by atoms with E-state index in [0.29, 0.717) is 13.2 Å². The van der Waals surface area contributed by atoms with Crippen molar-refractivity contribution in [1.82, 2.24) is 15.2 Å². The maximum atomic E-state index is 5.80. The maximum absolute atomic E-state index is 5.80. The summed E-state index contributed by atoms with van der Waals surface area (Å²) < 4.78 is 5.80. The van der Waals surface area contributed by atoms with Gasteiger partial charge in [0.15, 0.2) is 5.96 Å². The van der Waals surface area contributed by atoms with Crippen LogP contribution in [0.15, 0.2) is 53.7 Å². The van der Waals surface area contributed by atoms with E-state index in [0.717, 1.165) is 43.0 Å². The number of likely N-dealkylation sites (tertiary alicyclic amines) is 1. The van der Waals surface area contributed by atoms with E-state index in [9.17, 15) is 0 Å². The van der Waals surface area contributed by atoms with Crippen LogP contribution in [0.25, 0.3) is 0 Å². The summed E-state index contributed by atoms with van der Waals surface area (Å²) >= 11 is 0. The van der Waals surface area contributed by atoms with Crippen molar-refractivity contribution in [2.45, 2.75) is 39.8 Å². The van der Waals surface area contributed by atoms with Crippen molar-refractivity contribution in [3.63, 3.8) is 0 Å². The van der Waals surface area contributed by atoms with Crippen LogP contribution in [-0.4, -0.2) is 35.5 Å². The van der Waals surface area contributed by atoms with Crippen LogP contribution in [0.1, 0.15) is 37.9 Å². The maximum Gasteiger partial charge on any atom is 0.194 e. The van der Waals surface area contributed by atoms with Crippen LogP contribution in [0.4, 0.5) is 0 Å². The summed E-state index contributed by atoms with van der Waals surface area (Å²) in [5.74, 6) is 2.70. The van der Waals surface area contributed by atoms with Gasteiger partial charge in [-0.05, 0) is 55.5 Å². The molecule has 144 valence electrons. The third kappa shape index (κ3) is 5.98. The highest BCUT2D eigenvalue weighted by atomic mass is 16.5. The lowest BCUT2D eigenvalue weighted by Gasteiger charge is -2.33. The summed E-state index contributed by atoms with van der Waals surface area (Å²) in [7, 11) is 0. The molecule has 0 atom stereocenters. The Morgan fingerprint density at radius 1 is 1.19 bits per heavy atom. The average Bonchev–Trinajstić information content (AvgIpc) is 2.72. The molecule has 0 unspecified atom stereocenters. The average molecular weight is 367 g/mol. The van der Waals surface area contributed by atoms with Gasteiger partial charge in [0.1, 0.15) is 12.4 Å². The molecule has 0 radical (unpaired) electrons. The van der Waals surface area contributed by atoms with Crippen molar-refractivity contribution in [1.29, 1.82) is 0 Å². The fourth-order valence-corrected chi connectivity index (χ4v) is 3.14. The predicted molar refractivity (Wildman–Crippen MR) is 110 cm³/mol. The minimum Gasteiger partial charge on any atom is -0.487 e. The Bertz CT molecular complexity index is 707. The number of nitrogens with zero attached hydrogens (tertiary/aromatic N) is 3. The van der Waals surface area contributed by atoms with Gasteiger partial charge >= 0.3 is 0 Å². The summed E-state index contributed by atoms with van der Waals surface area (Å²) in [4.78, 5) is 11.5. The molecule has 1 aliphatic rings. The molecular weight excluding hydrogens is 336 g/mol. The minimum atomic E-state index is 0.482. The first-order valence-corrected chi connectivity index (χ1v) is 9.89. The second-order valence-corrected chi connectivity index (χ2v) is 7.09. The molecule has 1 aromatic heterocycles. The summed E-state index contributed by atoms with van der Waals surface area (Å²) in [5.41, 5.74) is 2.11. The number of nitrogens with one attached hydrogen (secondary N) is 1. The normalized spacial score (nSPS) is 15.6. The first-order chi connectivity index (χ1) is 13.2. The molecule has 2 heterocycles. The smallest absolute Gasteiger partial charge is 0.194 e. The van der Waals surface area contributed by atoms with Crippen molar-refractivity contribution in [3.8, 4) is 5.75 Å². The zero-order valence-corrected chi connectivity index (χ0v) is 16.4. The van der Waals surface area contributed by atoms with Gasteiger partial charge in [0.2, 0.25) is 0 Å². The molecule has 0 aliphatic carbocycles. The standard InChI is InChI=1S/C22H30N4O/c1-3-23-22(26-14-11-18(2)12-15-26)25-16-19-7-9-21(10-8-19)27-17-20-6-4-5-13-24-20/h4-10,13,18H,3,11-12,14-17H2,1-2H3,(H,23,25). The van der Waals surface area contributed by atoms with E-state index >= 15 is 0 Å². The molecule has 1 fully saturated rings. The van der Waals surface area contributed by atoms with E-state index in [2.05, 4.69) is 41.2 Å². The lowest BCUT2D eigenvalue weighted by atomic mass is 10.00. The highest BCUT2D eigenvalue weighted by Gasteiger charge is 2.18. The van der Waals surface area contributed by atoms with Crippen LogP contribution in [0.3, 0.4) is 0 Å². The Morgan fingerprint density at radius 2 is 1.96 bits per heavy atom. The van der Waals surface area contributed by atoms with Gasteiger partial charge in [-0.2, -0.15) is 0 Å². The molecule has 5 heteroatoms. The monoisotopic (exact) mass is 366 g/mol. The van der Waals surface area contributed by atoms with Gasteiger partial charge < -0.3 is 15.0 Å². The lowest BCUT2D eigenvalue weighted by Crippen LogP contribution is -2.45. The van der Waals surface area contributed by atoms with Crippen molar-refractivity contribution >= 4 is 5.96 Å². The Labute approximate surface area is 162 Å². The summed E-state index contributed by atoms with van der Waals surface area (Å²) in [6.07, 6.45) is 4.27. The Morgan fingerprint density at radius 3 is 2.63 bits per heavy atom. The molecule has 0 spiro atoms. The van der Waals surface area contributed by atoms with Crippen molar-refractivity contribution in [3.05, 3.63) is 59.9 Å². The van der Waals surface area contributed by atoms with Crippen molar-refractivity contribution in [2.75, 3.05) is 19.6 Å². The van der Waals surface area contributed by atoms with Crippen LogP contribution in [0.5, 0.6) is 5.75 Å². The molecule has 0 saturated carbocycles. The van der Waals surface area contributed by atoms with Gasteiger partial charge in [0, 0.05) is 25.8 Å². The van der Waals surface area contributed by atoms with Crippen LogP contribution >= 0.6 is 0 Å². The molecule has 27 heavy (non-hydrogen) atoms. The van der Waals surface area contributed by atoms with Gasteiger partial charge in [0.05, 0.1) is 12.2 Å². The van der Waals surface area contributed by atoms with Crippen molar-refractivity contribution < 1.29 is 4.74 Å². The fourth-order valence-electron chi connectivity index (χ4n) is 3.14. The van der Waals surface area contributed by atoms with E-state index in [1.807, 2.05) is 30.3 Å². The second-order valence-electron chi connectivity index (χ2n) is 7.09. The van der Waals surface area contributed by atoms with Crippen LogP contribution in [0.2, 0.25) is 0 Å². The number of piperidine rings is 1. The molecule has 5 nitrogen and oxygen atoms in total. The zero-order chi connectivity index (χ0) is 18.9. The van der Waals surface area contributed by atoms with Crippen LogP contribution in [-0.2, 0) is 13.2 Å². The number of aliphatic imine (C=N–C) groups is 1. The largest absolute Gasteiger partial charge is 0.487 e. The number of pyridine rings is 1. The van der Waals surface area contributed by atoms with E-state index in [-0.39, 0.29) is 0 Å². The SMILES string of the molecule is CCNC(=NCc1ccc(OCc2ccccn2)cc1)N1CCC(C)CC1. The number of aromatic nitrogens is 1. The summed E-state index contributed by atoms with van der Waals surface area (Å²) in [6.45, 7) is 8.69. The molecule has 0 amide bonds. The molecule has 1 aliphatic heterocycles. The third-order valence-corrected chi connectivity index (χ3v) is 4.87. The zero-order valence-electron chi connectivity index (χ0n) is 16.4. The summed E-state index contributed by atoms with van der Waals surface area (Å²) in [5, 5.41) is 3.43. The van der Waals surface area contributed by atoms with E-state index in [4.69, 9.17) is 9.73 Å².